The van der Waals surface area contributed by atoms with Gasteiger partial charge < -0.3 is 5.32 Å². The molecule has 1 aliphatic rings. The molecule has 0 bridgehead atoms. The van der Waals surface area contributed by atoms with Crippen molar-refractivity contribution in [3.05, 3.63) is 87.6 Å². The number of sulfonamides is 1. The van der Waals surface area contributed by atoms with Crippen LogP contribution in [0.1, 0.15) is 65.0 Å². The number of carbonyl (C=O) groups is 1. The van der Waals surface area contributed by atoms with Gasteiger partial charge in [-0.3, -0.25) is 4.79 Å². The van der Waals surface area contributed by atoms with Crippen LogP contribution in [0.15, 0.2) is 70.9 Å². The van der Waals surface area contributed by atoms with Crippen LogP contribution in [0.25, 0.3) is 0 Å². The summed E-state index contributed by atoms with van der Waals surface area (Å²) in [5.41, 5.74) is 2.54. The van der Waals surface area contributed by atoms with Gasteiger partial charge in [0.15, 0.2) is 0 Å². The minimum atomic E-state index is -3.62. The van der Waals surface area contributed by atoms with Crippen molar-refractivity contribution < 1.29 is 13.2 Å². The molecule has 1 aliphatic carbocycles. The third kappa shape index (κ3) is 5.23. The quantitative estimate of drug-likeness (QED) is 0.512. The van der Waals surface area contributed by atoms with E-state index in [9.17, 15) is 13.2 Å². The fraction of sp³-hybridized carbons (Fsp3) is 0.292. The number of nitrogens with one attached hydrogen (secondary N) is 2. The summed E-state index contributed by atoms with van der Waals surface area (Å²) in [5.74, 6) is 0.118. The molecule has 0 saturated heterocycles. The van der Waals surface area contributed by atoms with E-state index in [-0.39, 0.29) is 22.9 Å². The first-order chi connectivity index (χ1) is 14.8. The molecule has 5 nitrogen and oxygen atoms in total. The van der Waals surface area contributed by atoms with E-state index in [1.54, 1.807) is 23.5 Å². The van der Waals surface area contributed by atoms with Crippen LogP contribution >= 0.6 is 11.3 Å². The highest BCUT2D eigenvalue weighted by Gasteiger charge is 2.28. The number of carbonyl (C=O) groups excluding carboxylic acids is 1. The summed E-state index contributed by atoms with van der Waals surface area (Å²) in [4.78, 5) is 14.2. The zero-order valence-electron chi connectivity index (χ0n) is 17.5. The Balaban J connectivity index is 1.59. The molecule has 0 radical (unpaired) electrons. The van der Waals surface area contributed by atoms with Crippen molar-refractivity contribution in [2.45, 2.75) is 49.6 Å². The molecule has 1 atom stereocenters. The molecule has 4 rings (SSSR count). The average molecular weight is 455 g/mol. The highest BCUT2D eigenvalue weighted by molar-refractivity contribution is 7.89. The normalized spacial score (nSPS) is 15.1. The van der Waals surface area contributed by atoms with Crippen molar-refractivity contribution in [1.82, 2.24) is 10.0 Å². The molecule has 0 spiro atoms. The van der Waals surface area contributed by atoms with Crippen molar-refractivity contribution in [3.63, 3.8) is 0 Å². The molecule has 3 aromatic rings. The molecule has 7 heteroatoms. The first-order valence-corrected chi connectivity index (χ1v) is 12.8. The lowest BCUT2D eigenvalue weighted by molar-refractivity contribution is 0.0943. The standard InChI is InChI=1S/C24H26N2O3S2/c1-16(2)17-8-10-18(11-9-17)23(22-7-4-14-30-22)25-24(27)19-5-3-6-21(15-19)31(28,29)26-20-12-13-20/h3-11,14-16,20,23,26H,12-13H2,1-2H3,(H,25,27)/t23-/m1/s1. The molecule has 1 heterocycles. The molecule has 1 aromatic heterocycles. The summed E-state index contributed by atoms with van der Waals surface area (Å²) in [6, 6.07) is 18.1. The van der Waals surface area contributed by atoms with Gasteiger partial charge in [0.05, 0.1) is 10.9 Å². The summed E-state index contributed by atoms with van der Waals surface area (Å²) in [6.07, 6.45) is 1.72. The van der Waals surface area contributed by atoms with Crippen molar-refractivity contribution in [2.75, 3.05) is 0 Å². The van der Waals surface area contributed by atoms with Crippen LogP contribution in [0.5, 0.6) is 0 Å². The Morgan fingerprint density at radius 2 is 1.71 bits per heavy atom. The Labute approximate surface area is 187 Å². The summed E-state index contributed by atoms with van der Waals surface area (Å²) in [5, 5.41) is 5.07. The summed E-state index contributed by atoms with van der Waals surface area (Å²) in [7, 11) is -3.62. The Bertz CT molecular complexity index is 1150. The number of amides is 1. The lowest BCUT2D eigenvalue weighted by Crippen LogP contribution is -2.29. The first kappa shape index (κ1) is 21.7. The molecular weight excluding hydrogens is 428 g/mol. The molecule has 1 fully saturated rings. The molecule has 0 aliphatic heterocycles. The van der Waals surface area contributed by atoms with Gasteiger partial charge in [0.2, 0.25) is 10.0 Å². The summed E-state index contributed by atoms with van der Waals surface area (Å²) < 4.78 is 27.7. The van der Waals surface area contributed by atoms with Crippen LogP contribution in [0.3, 0.4) is 0 Å². The lowest BCUT2D eigenvalue weighted by Gasteiger charge is -2.19. The van der Waals surface area contributed by atoms with Crippen LogP contribution in [0.4, 0.5) is 0 Å². The molecular formula is C24H26N2O3S2. The SMILES string of the molecule is CC(C)c1ccc([C@@H](NC(=O)c2cccc(S(=O)(=O)NC3CC3)c2)c2cccs2)cc1. The van der Waals surface area contributed by atoms with Gasteiger partial charge in [0, 0.05) is 16.5 Å². The van der Waals surface area contributed by atoms with Gasteiger partial charge in [-0.05, 0) is 59.5 Å². The minimum Gasteiger partial charge on any atom is -0.340 e. The van der Waals surface area contributed by atoms with E-state index in [2.05, 4.69) is 36.0 Å². The van der Waals surface area contributed by atoms with Crippen LogP contribution in [-0.4, -0.2) is 20.4 Å². The number of benzene rings is 2. The zero-order valence-corrected chi connectivity index (χ0v) is 19.2. The van der Waals surface area contributed by atoms with E-state index in [0.717, 1.165) is 23.3 Å². The maximum Gasteiger partial charge on any atom is 0.252 e. The second-order valence-corrected chi connectivity index (χ2v) is 10.9. The average Bonchev–Trinajstić information content (AvgIpc) is 3.39. The monoisotopic (exact) mass is 454 g/mol. The smallest absolute Gasteiger partial charge is 0.252 e. The predicted octanol–water partition coefficient (Wildman–Crippen LogP) is 4.83. The van der Waals surface area contributed by atoms with Crippen LogP contribution in [0.2, 0.25) is 0 Å². The van der Waals surface area contributed by atoms with Gasteiger partial charge in [-0.25, -0.2) is 13.1 Å². The molecule has 0 unspecified atom stereocenters. The summed E-state index contributed by atoms with van der Waals surface area (Å²) in [6.45, 7) is 4.29. The molecule has 162 valence electrons. The molecule has 2 N–H and O–H groups in total. The second-order valence-electron chi connectivity index (χ2n) is 8.17. The van der Waals surface area contributed by atoms with Gasteiger partial charge in [-0.1, -0.05) is 50.2 Å². The number of thiophene rings is 1. The molecule has 31 heavy (non-hydrogen) atoms. The third-order valence-corrected chi connectivity index (χ3v) is 7.80. The Morgan fingerprint density at radius 1 is 1.00 bits per heavy atom. The van der Waals surface area contributed by atoms with E-state index >= 15 is 0 Å². The Kier molecular flexibility index (Phi) is 6.27. The van der Waals surface area contributed by atoms with Crippen molar-refractivity contribution in [1.29, 1.82) is 0 Å². The van der Waals surface area contributed by atoms with Crippen LogP contribution in [0, 0.1) is 0 Å². The second kappa shape index (κ2) is 8.94. The number of hydrogen-bond donors (Lipinski definition) is 2. The Morgan fingerprint density at radius 3 is 2.32 bits per heavy atom. The van der Waals surface area contributed by atoms with Crippen LogP contribution in [-0.2, 0) is 10.0 Å². The van der Waals surface area contributed by atoms with Crippen molar-refractivity contribution >= 4 is 27.3 Å². The van der Waals surface area contributed by atoms with Gasteiger partial charge in [0.1, 0.15) is 0 Å². The highest BCUT2D eigenvalue weighted by Crippen LogP contribution is 2.28. The minimum absolute atomic E-state index is 0.0134. The van der Waals surface area contributed by atoms with Crippen LogP contribution < -0.4 is 10.0 Å². The molecule has 2 aromatic carbocycles. The van der Waals surface area contributed by atoms with Crippen molar-refractivity contribution in [3.8, 4) is 0 Å². The highest BCUT2D eigenvalue weighted by atomic mass is 32.2. The lowest BCUT2D eigenvalue weighted by atomic mass is 9.98. The maximum atomic E-state index is 13.1. The van der Waals surface area contributed by atoms with E-state index in [4.69, 9.17) is 0 Å². The van der Waals surface area contributed by atoms with Gasteiger partial charge in [-0.15, -0.1) is 11.3 Å². The molecule has 1 saturated carbocycles. The van der Waals surface area contributed by atoms with Gasteiger partial charge >= 0.3 is 0 Å². The molecule has 1 amide bonds. The maximum absolute atomic E-state index is 13.1. The largest absolute Gasteiger partial charge is 0.340 e. The fourth-order valence-corrected chi connectivity index (χ4v) is 5.51. The van der Waals surface area contributed by atoms with E-state index < -0.39 is 10.0 Å². The van der Waals surface area contributed by atoms with E-state index in [1.165, 1.54) is 17.7 Å². The topological polar surface area (TPSA) is 75.3 Å². The first-order valence-electron chi connectivity index (χ1n) is 10.4. The van der Waals surface area contributed by atoms with Crippen molar-refractivity contribution in [2.24, 2.45) is 0 Å². The fourth-order valence-electron chi connectivity index (χ4n) is 3.36. The number of rotatable bonds is 8. The number of hydrogen-bond acceptors (Lipinski definition) is 4. The third-order valence-electron chi connectivity index (χ3n) is 5.35. The van der Waals surface area contributed by atoms with Gasteiger partial charge in [-0.2, -0.15) is 0 Å². The summed E-state index contributed by atoms with van der Waals surface area (Å²) >= 11 is 1.57. The zero-order chi connectivity index (χ0) is 22.0. The van der Waals surface area contributed by atoms with Gasteiger partial charge in [0.25, 0.3) is 5.91 Å². The predicted molar refractivity (Wildman–Crippen MR) is 124 cm³/mol. The van der Waals surface area contributed by atoms with E-state index in [0.29, 0.717) is 11.5 Å². The van der Waals surface area contributed by atoms with E-state index in [1.807, 2.05) is 29.6 Å². The Hall–Kier alpha value is -2.48.